The number of benzene rings is 3. The smallest absolute Gasteiger partial charge is 0.310 e. The van der Waals surface area contributed by atoms with Gasteiger partial charge in [-0.2, -0.15) is 0 Å². The number of hydrogen-bond donors (Lipinski definition) is 1. The summed E-state index contributed by atoms with van der Waals surface area (Å²) in [6.45, 7) is 3.89. The topological polar surface area (TPSA) is 81.0 Å². The zero-order valence-corrected chi connectivity index (χ0v) is 18.8. The average Bonchev–Trinajstić information content (AvgIpc) is 3.28. The Morgan fingerprint density at radius 3 is 2.59 bits per heavy atom. The van der Waals surface area contributed by atoms with E-state index in [1.165, 1.54) is 5.56 Å². The normalized spacial score (nSPS) is 14.4. The van der Waals surface area contributed by atoms with Crippen molar-refractivity contribution in [3.8, 4) is 0 Å². The highest BCUT2D eigenvalue weighted by atomic mass is 16.5. The Hall–Kier alpha value is -3.68. The summed E-state index contributed by atoms with van der Waals surface area (Å²) in [6, 6.07) is 19.5. The molecule has 7 nitrogen and oxygen atoms in total. The monoisotopic (exact) mass is 458 g/mol. The number of fused-ring (bicyclic) bond motifs is 3. The van der Waals surface area contributed by atoms with Crippen LogP contribution in [0.1, 0.15) is 11.1 Å². The van der Waals surface area contributed by atoms with Gasteiger partial charge in [0.2, 0.25) is 0 Å². The summed E-state index contributed by atoms with van der Waals surface area (Å²) in [5.74, 6) is -0.858. The number of hydrogen-bond acceptors (Lipinski definition) is 6. The number of rotatable bonds is 7. The average molecular weight is 459 g/mol. The Bertz CT molecular complexity index is 1310. The third-order valence-electron chi connectivity index (χ3n) is 5.99. The molecule has 0 aliphatic carbocycles. The largest absolute Gasteiger partial charge is 0.464 e. The maximum Gasteiger partial charge on any atom is 0.310 e. The fourth-order valence-electron chi connectivity index (χ4n) is 4.27. The zero-order chi connectivity index (χ0) is 23.3. The van der Waals surface area contributed by atoms with Crippen LogP contribution in [0.2, 0.25) is 0 Å². The van der Waals surface area contributed by atoms with Crippen LogP contribution in [-0.2, 0) is 32.0 Å². The van der Waals surface area contributed by atoms with Crippen molar-refractivity contribution >= 4 is 39.3 Å². The zero-order valence-electron chi connectivity index (χ0n) is 18.8. The number of furan rings is 1. The molecule has 0 radical (unpaired) electrons. The third kappa shape index (κ3) is 5.11. The molecule has 34 heavy (non-hydrogen) atoms. The molecular weight excluding hydrogens is 432 g/mol. The number of nitrogens with zero attached hydrogens (tertiary/aromatic N) is 1. The predicted molar refractivity (Wildman–Crippen MR) is 130 cm³/mol. The maximum absolute atomic E-state index is 12.4. The molecule has 1 aliphatic heterocycles. The Kier molecular flexibility index (Phi) is 6.56. The second-order valence-corrected chi connectivity index (χ2v) is 8.39. The first-order valence-corrected chi connectivity index (χ1v) is 11.4. The number of amides is 1. The van der Waals surface area contributed by atoms with Crippen LogP contribution in [0.5, 0.6) is 0 Å². The van der Waals surface area contributed by atoms with Crippen LogP contribution < -0.4 is 5.32 Å². The molecular formula is C27H26N2O5. The van der Waals surface area contributed by atoms with Crippen LogP contribution in [0.15, 0.2) is 71.3 Å². The molecule has 1 amide bonds. The number of anilines is 1. The lowest BCUT2D eigenvalue weighted by molar-refractivity contribution is -0.146. The molecule has 1 saturated heterocycles. The minimum absolute atomic E-state index is 0.0323. The molecule has 1 aromatic heterocycles. The van der Waals surface area contributed by atoms with Crippen molar-refractivity contribution in [3.05, 3.63) is 78.1 Å². The van der Waals surface area contributed by atoms with E-state index in [4.69, 9.17) is 13.9 Å². The van der Waals surface area contributed by atoms with Crippen molar-refractivity contribution in [2.75, 3.05) is 38.2 Å². The summed E-state index contributed by atoms with van der Waals surface area (Å²) in [7, 11) is 0. The number of carbonyl (C=O) groups is 2. The van der Waals surface area contributed by atoms with E-state index >= 15 is 0 Å². The second kappa shape index (κ2) is 10.1. The van der Waals surface area contributed by atoms with Gasteiger partial charge in [0.25, 0.3) is 5.91 Å². The molecule has 4 aromatic rings. The minimum atomic E-state index is -0.480. The first-order valence-electron chi connectivity index (χ1n) is 11.4. The van der Waals surface area contributed by atoms with Crippen LogP contribution in [0, 0.1) is 0 Å². The Labute approximate surface area is 197 Å². The molecule has 3 aromatic carbocycles. The van der Waals surface area contributed by atoms with Crippen molar-refractivity contribution in [1.82, 2.24) is 4.90 Å². The number of nitrogens with one attached hydrogen (secondary N) is 1. The fraction of sp³-hybridized carbons (Fsp3) is 0.259. The van der Waals surface area contributed by atoms with E-state index in [-0.39, 0.29) is 18.9 Å². The number of morpholine rings is 1. The first-order chi connectivity index (χ1) is 16.7. The van der Waals surface area contributed by atoms with E-state index in [2.05, 4.69) is 10.2 Å². The van der Waals surface area contributed by atoms with Crippen molar-refractivity contribution in [3.63, 3.8) is 0 Å². The van der Waals surface area contributed by atoms with Gasteiger partial charge in [0.05, 0.1) is 25.9 Å². The molecule has 1 N–H and O–H groups in total. The highest BCUT2D eigenvalue weighted by Gasteiger charge is 2.15. The predicted octanol–water partition coefficient (Wildman–Crippen LogP) is 4.14. The van der Waals surface area contributed by atoms with Gasteiger partial charge < -0.3 is 19.2 Å². The first kappa shape index (κ1) is 22.1. The lowest BCUT2D eigenvalue weighted by Crippen LogP contribution is -2.35. The van der Waals surface area contributed by atoms with E-state index in [9.17, 15) is 9.59 Å². The highest BCUT2D eigenvalue weighted by Crippen LogP contribution is 2.30. The van der Waals surface area contributed by atoms with Crippen molar-refractivity contribution in [2.45, 2.75) is 13.0 Å². The molecule has 0 spiro atoms. The Morgan fingerprint density at radius 1 is 0.971 bits per heavy atom. The van der Waals surface area contributed by atoms with Crippen LogP contribution in [-0.4, -0.2) is 49.7 Å². The molecule has 0 atom stereocenters. The highest BCUT2D eigenvalue weighted by molar-refractivity contribution is 6.08. The Morgan fingerprint density at radius 2 is 1.76 bits per heavy atom. The molecule has 1 aliphatic rings. The van der Waals surface area contributed by atoms with Gasteiger partial charge in [-0.05, 0) is 34.5 Å². The van der Waals surface area contributed by atoms with Crippen molar-refractivity contribution in [2.24, 2.45) is 0 Å². The molecule has 0 unspecified atom stereocenters. The molecule has 174 valence electrons. The van der Waals surface area contributed by atoms with Crippen LogP contribution in [0.25, 0.3) is 21.7 Å². The van der Waals surface area contributed by atoms with Crippen LogP contribution in [0.4, 0.5) is 5.69 Å². The van der Waals surface area contributed by atoms with E-state index in [0.29, 0.717) is 5.69 Å². The van der Waals surface area contributed by atoms with Gasteiger partial charge >= 0.3 is 5.97 Å². The molecule has 2 heterocycles. The standard InChI is InChI=1S/C27H26N2O5/c30-25(28-22-8-5-19(6-9-22)16-29-11-13-32-14-12-29)18-34-26(31)15-21-17-33-24-10-7-20-3-1-2-4-23(20)27(21)24/h1-10,17H,11-16,18H2,(H,28,30). The number of carbonyl (C=O) groups excluding carboxylic acids is 2. The Balaban J connectivity index is 1.14. The van der Waals surface area contributed by atoms with Gasteiger partial charge in [0, 0.05) is 36.3 Å². The molecule has 7 heteroatoms. The van der Waals surface area contributed by atoms with E-state index in [0.717, 1.165) is 60.2 Å². The molecule has 5 rings (SSSR count). The van der Waals surface area contributed by atoms with E-state index in [1.54, 1.807) is 6.26 Å². The van der Waals surface area contributed by atoms with Gasteiger partial charge in [-0.15, -0.1) is 0 Å². The quantitative estimate of drug-likeness (QED) is 0.419. The molecule has 1 fully saturated rings. The maximum atomic E-state index is 12.4. The minimum Gasteiger partial charge on any atom is -0.464 e. The summed E-state index contributed by atoms with van der Waals surface area (Å²) < 4.78 is 16.2. The van der Waals surface area contributed by atoms with Crippen LogP contribution >= 0.6 is 0 Å². The number of ether oxygens (including phenoxy) is 2. The van der Waals surface area contributed by atoms with E-state index in [1.807, 2.05) is 60.7 Å². The van der Waals surface area contributed by atoms with Gasteiger partial charge in [-0.1, -0.05) is 42.5 Å². The van der Waals surface area contributed by atoms with Gasteiger partial charge in [-0.3, -0.25) is 14.5 Å². The number of esters is 1. The van der Waals surface area contributed by atoms with Crippen LogP contribution in [0.3, 0.4) is 0 Å². The van der Waals surface area contributed by atoms with E-state index < -0.39 is 5.97 Å². The van der Waals surface area contributed by atoms with Crippen molar-refractivity contribution < 1.29 is 23.5 Å². The SMILES string of the molecule is O=C(COC(=O)Cc1coc2ccc3ccccc3c12)Nc1ccc(CN2CCOCC2)cc1. The summed E-state index contributed by atoms with van der Waals surface area (Å²) >= 11 is 0. The van der Waals surface area contributed by atoms with Gasteiger partial charge in [0.15, 0.2) is 6.61 Å². The summed E-state index contributed by atoms with van der Waals surface area (Å²) in [5, 5.41) is 5.76. The second-order valence-electron chi connectivity index (χ2n) is 8.39. The fourth-order valence-corrected chi connectivity index (χ4v) is 4.27. The lowest BCUT2D eigenvalue weighted by atomic mass is 10.0. The lowest BCUT2D eigenvalue weighted by Gasteiger charge is -2.26. The van der Waals surface area contributed by atoms with Crippen molar-refractivity contribution in [1.29, 1.82) is 0 Å². The molecule has 0 bridgehead atoms. The summed E-state index contributed by atoms with van der Waals surface area (Å²) in [6.07, 6.45) is 1.61. The summed E-state index contributed by atoms with van der Waals surface area (Å²) in [4.78, 5) is 27.0. The third-order valence-corrected chi connectivity index (χ3v) is 5.99. The van der Waals surface area contributed by atoms with Gasteiger partial charge in [-0.25, -0.2) is 0 Å². The van der Waals surface area contributed by atoms with Gasteiger partial charge in [0.1, 0.15) is 5.58 Å². The summed E-state index contributed by atoms with van der Waals surface area (Å²) in [5.41, 5.74) is 3.30. The molecule has 0 saturated carbocycles.